The summed E-state index contributed by atoms with van der Waals surface area (Å²) < 4.78 is 5.21. The molecule has 0 aromatic heterocycles. The van der Waals surface area contributed by atoms with Crippen LogP contribution in [0, 0.1) is 13.8 Å². The molecule has 1 atom stereocenters. The van der Waals surface area contributed by atoms with Crippen molar-refractivity contribution in [1.82, 2.24) is 0 Å². The summed E-state index contributed by atoms with van der Waals surface area (Å²) in [5.41, 5.74) is 3.11. The van der Waals surface area contributed by atoms with Crippen molar-refractivity contribution in [1.29, 1.82) is 0 Å². The highest BCUT2D eigenvalue weighted by Crippen LogP contribution is 2.15. The molecule has 23 heavy (non-hydrogen) atoms. The molecule has 0 aliphatic rings. The lowest BCUT2D eigenvalue weighted by Gasteiger charge is -2.14. The molecule has 0 fully saturated rings. The topological polar surface area (TPSA) is 55.4 Å². The van der Waals surface area contributed by atoms with E-state index in [0.29, 0.717) is 16.3 Å². The second kappa shape index (κ2) is 7.29. The largest absolute Gasteiger partial charge is 0.449 e. The van der Waals surface area contributed by atoms with Crippen LogP contribution >= 0.6 is 11.6 Å². The predicted octanol–water partition coefficient (Wildman–Crippen LogP) is 4.14. The number of ether oxygens (including phenoxy) is 1. The number of esters is 1. The highest BCUT2D eigenvalue weighted by Gasteiger charge is 2.19. The van der Waals surface area contributed by atoms with Gasteiger partial charge in [0.2, 0.25) is 0 Å². The van der Waals surface area contributed by atoms with Gasteiger partial charge in [0, 0.05) is 10.7 Å². The number of anilines is 1. The molecule has 5 heteroatoms. The van der Waals surface area contributed by atoms with Crippen LogP contribution in [0.3, 0.4) is 0 Å². The second-order valence-electron chi connectivity index (χ2n) is 5.34. The van der Waals surface area contributed by atoms with Crippen molar-refractivity contribution in [2.45, 2.75) is 26.9 Å². The zero-order valence-electron chi connectivity index (χ0n) is 13.2. The molecule has 0 aliphatic heterocycles. The van der Waals surface area contributed by atoms with Crippen molar-refractivity contribution < 1.29 is 14.3 Å². The number of carbonyl (C=O) groups excluding carboxylic acids is 2. The van der Waals surface area contributed by atoms with Crippen LogP contribution in [0.25, 0.3) is 0 Å². The summed E-state index contributed by atoms with van der Waals surface area (Å²) in [7, 11) is 0. The molecule has 1 amide bonds. The van der Waals surface area contributed by atoms with E-state index >= 15 is 0 Å². The van der Waals surface area contributed by atoms with Gasteiger partial charge in [-0.15, -0.1) is 0 Å². The molecular weight excluding hydrogens is 314 g/mol. The normalized spacial score (nSPS) is 11.7. The van der Waals surface area contributed by atoms with E-state index in [1.807, 2.05) is 19.9 Å². The van der Waals surface area contributed by atoms with Gasteiger partial charge >= 0.3 is 5.97 Å². The van der Waals surface area contributed by atoms with Crippen molar-refractivity contribution >= 4 is 29.2 Å². The Hall–Kier alpha value is -2.33. The first-order chi connectivity index (χ1) is 10.9. The Labute approximate surface area is 140 Å². The van der Waals surface area contributed by atoms with Crippen LogP contribution in [0.4, 0.5) is 5.69 Å². The number of hydrogen-bond donors (Lipinski definition) is 1. The van der Waals surface area contributed by atoms with Gasteiger partial charge in [-0.3, -0.25) is 4.79 Å². The molecule has 1 unspecified atom stereocenters. The fraction of sp³-hybridized carbons (Fsp3) is 0.222. The third kappa shape index (κ3) is 4.57. The number of hydrogen-bond acceptors (Lipinski definition) is 3. The van der Waals surface area contributed by atoms with Gasteiger partial charge in [-0.25, -0.2) is 4.79 Å². The van der Waals surface area contributed by atoms with Gasteiger partial charge in [-0.05, 0) is 68.3 Å². The number of carbonyl (C=O) groups is 2. The fourth-order valence-electron chi connectivity index (χ4n) is 1.93. The maximum Gasteiger partial charge on any atom is 0.338 e. The molecule has 4 nitrogen and oxygen atoms in total. The van der Waals surface area contributed by atoms with Gasteiger partial charge in [0.25, 0.3) is 5.91 Å². The standard InChI is InChI=1S/C18H18ClNO3/c1-11-4-5-14(10-12(11)2)18(22)23-13(3)17(21)20-16-8-6-15(19)7-9-16/h4-10,13H,1-3H3,(H,20,21). The molecule has 120 valence electrons. The molecule has 1 N–H and O–H groups in total. The Kier molecular flexibility index (Phi) is 5.40. The van der Waals surface area contributed by atoms with Crippen LogP contribution in [0.1, 0.15) is 28.4 Å². The number of halogens is 1. The molecule has 0 bridgehead atoms. The van der Waals surface area contributed by atoms with Crippen LogP contribution in [-0.4, -0.2) is 18.0 Å². The fourth-order valence-corrected chi connectivity index (χ4v) is 2.05. The molecule has 0 heterocycles. The highest BCUT2D eigenvalue weighted by molar-refractivity contribution is 6.30. The van der Waals surface area contributed by atoms with Crippen molar-refractivity contribution in [2.24, 2.45) is 0 Å². The van der Waals surface area contributed by atoms with E-state index in [2.05, 4.69) is 5.32 Å². The summed E-state index contributed by atoms with van der Waals surface area (Å²) in [6.45, 7) is 5.42. The Balaban J connectivity index is 1.98. The van der Waals surface area contributed by atoms with Crippen LogP contribution in [0.15, 0.2) is 42.5 Å². The summed E-state index contributed by atoms with van der Waals surface area (Å²) in [6.07, 6.45) is -0.903. The van der Waals surface area contributed by atoms with Crippen molar-refractivity contribution in [3.05, 3.63) is 64.2 Å². The number of aryl methyl sites for hydroxylation is 2. The minimum absolute atomic E-state index is 0.399. The third-order valence-electron chi connectivity index (χ3n) is 3.51. The van der Waals surface area contributed by atoms with Gasteiger partial charge in [0.05, 0.1) is 5.56 Å². The van der Waals surface area contributed by atoms with Gasteiger partial charge < -0.3 is 10.1 Å². The third-order valence-corrected chi connectivity index (χ3v) is 3.76. The quantitative estimate of drug-likeness (QED) is 0.857. The van der Waals surface area contributed by atoms with Gasteiger partial charge in [-0.1, -0.05) is 17.7 Å². The molecule has 0 saturated heterocycles. The van der Waals surface area contributed by atoms with Gasteiger partial charge in [-0.2, -0.15) is 0 Å². The number of benzene rings is 2. The lowest BCUT2D eigenvalue weighted by Crippen LogP contribution is -2.30. The molecule has 0 radical (unpaired) electrons. The van der Waals surface area contributed by atoms with Crippen molar-refractivity contribution in [2.75, 3.05) is 5.32 Å². The summed E-state index contributed by atoms with van der Waals surface area (Å²) in [5.74, 6) is -0.920. The van der Waals surface area contributed by atoms with Gasteiger partial charge in [0.1, 0.15) is 0 Å². The smallest absolute Gasteiger partial charge is 0.338 e. The average Bonchev–Trinajstić information content (AvgIpc) is 2.52. The first-order valence-corrected chi connectivity index (χ1v) is 7.59. The average molecular weight is 332 g/mol. The van der Waals surface area contributed by atoms with Gasteiger partial charge in [0.15, 0.2) is 6.10 Å². The lowest BCUT2D eigenvalue weighted by molar-refractivity contribution is -0.123. The van der Waals surface area contributed by atoms with Crippen LogP contribution in [-0.2, 0) is 9.53 Å². The predicted molar refractivity (Wildman–Crippen MR) is 90.9 cm³/mol. The first kappa shape index (κ1) is 17.0. The zero-order chi connectivity index (χ0) is 17.0. The van der Waals surface area contributed by atoms with E-state index < -0.39 is 18.0 Å². The molecule has 0 spiro atoms. The Morgan fingerprint density at radius 1 is 1.04 bits per heavy atom. The molecule has 0 aliphatic carbocycles. The Morgan fingerprint density at radius 3 is 2.30 bits per heavy atom. The summed E-state index contributed by atoms with van der Waals surface area (Å²) in [4.78, 5) is 24.2. The van der Waals surface area contributed by atoms with E-state index in [-0.39, 0.29) is 0 Å². The summed E-state index contributed by atoms with van der Waals surface area (Å²) >= 11 is 5.79. The molecule has 2 aromatic carbocycles. The molecule has 2 rings (SSSR count). The molecule has 0 saturated carbocycles. The maximum absolute atomic E-state index is 12.1. The van der Waals surface area contributed by atoms with Crippen LogP contribution in [0.5, 0.6) is 0 Å². The lowest BCUT2D eigenvalue weighted by atomic mass is 10.1. The van der Waals surface area contributed by atoms with Crippen molar-refractivity contribution in [3.63, 3.8) is 0 Å². The summed E-state index contributed by atoms with van der Waals surface area (Å²) in [5, 5.41) is 3.25. The van der Waals surface area contributed by atoms with E-state index in [1.54, 1.807) is 36.4 Å². The minimum atomic E-state index is -0.903. The van der Waals surface area contributed by atoms with E-state index in [0.717, 1.165) is 11.1 Å². The zero-order valence-corrected chi connectivity index (χ0v) is 14.0. The SMILES string of the molecule is Cc1ccc(C(=O)OC(C)C(=O)Nc2ccc(Cl)cc2)cc1C. The van der Waals surface area contributed by atoms with Crippen molar-refractivity contribution in [3.8, 4) is 0 Å². The second-order valence-corrected chi connectivity index (χ2v) is 5.78. The number of amides is 1. The molecule has 2 aromatic rings. The van der Waals surface area contributed by atoms with E-state index in [4.69, 9.17) is 16.3 Å². The summed E-state index contributed by atoms with van der Waals surface area (Å²) in [6, 6.07) is 12.0. The van der Waals surface area contributed by atoms with E-state index in [9.17, 15) is 9.59 Å². The number of rotatable bonds is 4. The molecular formula is C18H18ClNO3. The van der Waals surface area contributed by atoms with Crippen LogP contribution in [0.2, 0.25) is 5.02 Å². The van der Waals surface area contributed by atoms with Crippen LogP contribution < -0.4 is 5.32 Å². The maximum atomic E-state index is 12.1. The monoisotopic (exact) mass is 331 g/mol. The van der Waals surface area contributed by atoms with E-state index in [1.165, 1.54) is 6.92 Å². The Bertz CT molecular complexity index is 726. The highest BCUT2D eigenvalue weighted by atomic mass is 35.5. The first-order valence-electron chi connectivity index (χ1n) is 7.21. The number of nitrogens with one attached hydrogen (secondary N) is 1. The minimum Gasteiger partial charge on any atom is -0.449 e. The Morgan fingerprint density at radius 2 is 1.70 bits per heavy atom.